The molecule has 8 heteroatoms. The van der Waals surface area contributed by atoms with Gasteiger partial charge in [-0.1, -0.05) is 24.3 Å². The molecule has 3 aromatic carbocycles. The molecule has 0 bridgehead atoms. The standard InChI is InChI=1S/C24H18N4O4/c1-32-17-12-10-14(11-13-17)20-23(29)26-22-18-4-2-3-5-19(18)25-21(28(22)27-20)15-6-8-16(9-7-15)24(30)31/h2-13,21,25H,1H3,(H,30,31)/t21-/m0/s1. The van der Waals surface area contributed by atoms with Crippen molar-refractivity contribution >= 4 is 11.7 Å². The monoisotopic (exact) mass is 426 g/mol. The number of nitrogens with one attached hydrogen (secondary N) is 1. The number of nitrogens with zero attached hydrogens (tertiary/aromatic N) is 3. The lowest BCUT2D eigenvalue weighted by Gasteiger charge is -2.30. The van der Waals surface area contributed by atoms with E-state index in [4.69, 9.17) is 4.74 Å². The molecule has 0 unspecified atom stereocenters. The highest BCUT2D eigenvalue weighted by atomic mass is 16.5. The summed E-state index contributed by atoms with van der Waals surface area (Å²) < 4.78 is 6.86. The third-order valence-electron chi connectivity index (χ3n) is 5.38. The van der Waals surface area contributed by atoms with Crippen molar-refractivity contribution in [2.75, 3.05) is 12.4 Å². The normalized spacial score (nSPS) is 14.1. The lowest BCUT2D eigenvalue weighted by molar-refractivity contribution is 0.0697. The molecule has 1 aliphatic heterocycles. The van der Waals surface area contributed by atoms with Gasteiger partial charge in [-0.2, -0.15) is 10.1 Å². The van der Waals surface area contributed by atoms with Gasteiger partial charge in [-0.15, -0.1) is 0 Å². The molecular weight excluding hydrogens is 408 g/mol. The van der Waals surface area contributed by atoms with Crippen molar-refractivity contribution in [3.8, 4) is 28.4 Å². The molecule has 8 nitrogen and oxygen atoms in total. The smallest absolute Gasteiger partial charge is 0.335 e. The average molecular weight is 426 g/mol. The van der Waals surface area contributed by atoms with Crippen LogP contribution in [-0.4, -0.2) is 33.0 Å². The Morgan fingerprint density at radius 1 is 1.03 bits per heavy atom. The van der Waals surface area contributed by atoms with Crippen LogP contribution in [0.5, 0.6) is 5.75 Å². The summed E-state index contributed by atoms with van der Waals surface area (Å²) in [7, 11) is 1.58. The first-order chi connectivity index (χ1) is 15.5. The van der Waals surface area contributed by atoms with E-state index in [-0.39, 0.29) is 11.3 Å². The lowest BCUT2D eigenvalue weighted by Crippen LogP contribution is -2.32. The second-order valence-corrected chi connectivity index (χ2v) is 7.28. The molecule has 0 saturated heterocycles. The van der Waals surface area contributed by atoms with Crippen LogP contribution in [0.2, 0.25) is 0 Å². The van der Waals surface area contributed by atoms with Gasteiger partial charge in [0, 0.05) is 16.8 Å². The van der Waals surface area contributed by atoms with Crippen LogP contribution in [0.25, 0.3) is 22.6 Å². The number of aromatic nitrogens is 3. The van der Waals surface area contributed by atoms with E-state index in [1.807, 2.05) is 24.3 Å². The Labute approximate surface area is 182 Å². The first-order valence-corrected chi connectivity index (χ1v) is 9.89. The topological polar surface area (TPSA) is 106 Å². The molecule has 1 aromatic heterocycles. The highest BCUT2D eigenvalue weighted by Gasteiger charge is 2.28. The summed E-state index contributed by atoms with van der Waals surface area (Å²) in [5.74, 6) is 0.116. The fourth-order valence-electron chi connectivity index (χ4n) is 3.74. The summed E-state index contributed by atoms with van der Waals surface area (Å²) in [5.41, 5.74) is 2.95. The van der Waals surface area contributed by atoms with E-state index in [1.54, 1.807) is 60.3 Å². The number of aromatic carboxylic acids is 1. The lowest BCUT2D eigenvalue weighted by atomic mass is 10.0. The minimum absolute atomic E-state index is 0.190. The number of carbonyl (C=O) groups is 1. The number of benzene rings is 3. The molecule has 0 amide bonds. The molecule has 0 fully saturated rings. The molecule has 0 aliphatic carbocycles. The van der Waals surface area contributed by atoms with Crippen LogP contribution in [-0.2, 0) is 0 Å². The SMILES string of the molecule is COc1ccc(-c2nn3c(nc2=O)-c2ccccc2N[C@@H]3c2ccc(C(=O)O)cc2)cc1. The summed E-state index contributed by atoms with van der Waals surface area (Å²) in [6.45, 7) is 0. The number of hydrogen-bond donors (Lipinski definition) is 2. The third-order valence-corrected chi connectivity index (χ3v) is 5.38. The molecule has 1 aliphatic rings. The van der Waals surface area contributed by atoms with Gasteiger partial charge >= 0.3 is 5.97 Å². The van der Waals surface area contributed by atoms with Gasteiger partial charge in [0.1, 0.15) is 11.9 Å². The zero-order valence-electron chi connectivity index (χ0n) is 17.0. The number of carboxylic acids is 1. The van der Waals surface area contributed by atoms with Crippen molar-refractivity contribution in [2.45, 2.75) is 6.17 Å². The fourth-order valence-corrected chi connectivity index (χ4v) is 3.74. The Morgan fingerprint density at radius 3 is 2.44 bits per heavy atom. The van der Waals surface area contributed by atoms with E-state index in [0.717, 1.165) is 16.8 Å². The number of methoxy groups -OCH3 is 1. The molecule has 1 atom stereocenters. The molecule has 4 aromatic rings. The van der Waals surface area contributed by atoms with Crippen LogP contribution in [0.3, 0.4) is 0 Å². The van der Waals surface area contributed by atoms with E-state index < -0.39 is 17.7 Å². The minimum Gasteiger partial charge on any atom is -0.497 e. The molecule has 5 rings (SSSR count). The highest BCUT2D eigenvalue weighted by molar-refractivity contribution is 5.87. The number of fused-ring (bicyclic) bond motifs is 3. The van der Waals surface area contributed by atoms with Crippen molar-refractivity contribution < 1.29 is 14.6 Å². The molecule has 2 heterocycles. The number of hydrogen-bond acceptors (Lipinski definition) is 6. The van der Waals surface area contributed by atoms with E-state index in [9.17, 15) is 14.7 Å². The number of para-hydroxylation sites is 1. The summed E-state index contributed by atoms with van der Waals surface area (Å²) in [4.78, 5) is 28.5. The quantitative estimate of drug-likeness (QED) is 0.513. The number of carboxylic acid groups (broad SMARTS) is 1. The van der Waals surface area contributed by atoms with Crippen molar-refractivity contribution in [3.63, 3.8) is 0 Å². The van der Waals surface area contributed by atoms with E-state index in [2.05, 4.69) is 15.4 Å². The zero-order chi connectivity index (χ0) is 22.2. The number of rotatable bonds is 4. The molecule has 158 valence electrons. The maximum Gasteiger partial charge on any atom is 0.335 e. The Bertz CT molecular complexity index is 1380. The number of anilines is 1. The van der Waals surface area contributed by atoms with Crippen LogP contribution in [0.15, 0.2) is 77.6 Å². The summed E-state index contributed by atoms with van der Waals surface area (Å²) in [5, 5.41) is 17.3. The average Bonchev–Trinajstić information content (AvgIpc) is 2.83. The van der Waals surface area contributed by atoms with Crippen molar-refractivity contribution in [1.29, 1.82) is 0 Å². The van der Waals surface area contributed by atoms with Crippen molar-refractivity contribution in [2.24, 2.45) is 0 Å². The summed E-state index contributed by atoms with van der Waals surface area (Å²) >= 11 is 0. The van der Waals surface area contributed by atoms with Gasteiger partial charge in [0.25, 0.3) is 5.56 Å². The van der Waals surface area contributed by atoms with E-state index in [0.29, 0.717) is 17.1 Å². The summed E-state index contributed by atoms with van der Waals surface area (Å²) in [6, 6.07) is 21.1. The first-order valence-electron chi connectivity index (χ1n) is 9.89. The maximum absolute atomic E-state index is 12.9. The molecule has 2 N–H and O–H groups in total. The fraction of sp³-hybridized carbons (Fsp3) is 0.0833. The Kier molecular flexibility index (Phi) is 4.67. The van der Waals surface area contributed by atoms with Crippen LogP contribution in [0, 0.1) is 0 Å². The second-order valence-electron chi connectivity index (χ2n) is 7.28. The third kappa shape index (κ3) is 3.27. The van der Waals surface area contributed by atoms with Gasteiger partial charge in [-0.05, 0) is 54.1 Å². The molecule has 0 saturated carbocycles. The second kappa shape index (κ2) is 7.66. The van der Waals surface area contributed by atoms with Gasteiger partial charge < -0.3 is 15.2 Å². The maximum atomic E-state index is 12.9. The number of ether oxygens (including phenoxy) is 1. The van der Waals surface area contributed by atoms with Gasteiger partial charge in [0.05, 0.1) is 12.7 Å². The van der Waals surface area contributed by atoms with Crippen LogP contribution >= 0.6 is 0 Å². The predicted octanol–water partition coefficient (Wildman–Crippen LogP) is 3.65. The van der Waals surface area contributed by atoms with Gasteiger partial charge in [-0.3, -0.25) is 4.79 Å². The van der Waals surface area contributed by atoms with Crippen molar-refractivity contribution in [3.05, 3.63) is 94.3 Å². The largest absolute Gasteiger partial charge is 0.497 e. The Morgan fingerprint density at radius 2 is 1.75 bits per heavy atom. The van der Waals surface area contributed by atoms with Crippen LogP contribution < -0.4 is 15.6 Å². The van der Waals surface area contributed by atoms with Gasteiger partial charge in [-0.25, -0.2) is 9.48 Å². The van der Waals surface area contributed by atoms with Crippen molar-refractivity contribution in [1.82, 2.24) is 14.8 Å². The molecule has 0 radical (unpaired) electrons. The Hall–Kier alpha value is -4.46. The molecular formula is C24H18N4O4. The first kappa shape index (κ1) is 19.5. The predicted molar refractivity (Wildman–Crippen MR) is 119 cm³/mol. The van der Waals surface area contributed by atoms with Crippen LogP contribution in [0.1, 0.15) is 22.1 Å². The van der Waals surface area contributed by atoms with E-state index in [1.165, 1.54) is 0 Å². The minimum atomic E-state index is -0.996. The zero-order valence-corrected chi connectivity index (χ0v) is 17.0. The van der Waals surface area contributed by atoms with Gasteiger partial charge in [0.2, 0.25) is 0 Å². The molecule has 0 spiro atoms. The van der Waals surface area contributed by atoms with Gasteiger partial charge in [0.15, 0.2) is 11.5 Å². The van der Waals surface area contributed by atoms with E-state index >= 15 is 0 Å². The van der Waals surface area contributed by atoms with Crippen LogP contribution in [0.4, 0.5) is 5.69 Å². The summed E-state index contributed by atoms with van der Waals surface area (Å²) in [6.07, 6.45) is -0.479. The Balaban J connectivity index is 1.68. The highest BCUT2D eigenvalue weighted by Crippen LogP contribution is 2.36. The molecule has 32 heavy (non-hydrogen) atoms.